The van der Waals surface area contributed by atoms with Crippen LogP contribution in [0.3, 0.4) is 0 Å². The molecule has 1 atom stereocenters. The topological polar surface area (TPSA) is 55.1 Å². The molecule has 0 aliphatic carbocycles. The number of nitrogens with two attached hydrogens (primary N) is 1. The van der Waals surface area contributed by atoms with Crippen LogP contribution in [0, 0.1) is 0 Å². The van der Waals surface area contributed by atoms with Crippen LogP contribution in [-0.4, -0.2) is 10.9 Å². The molecule has 0 fully saturated rings. The number of carbonyl (C=O) groups is 1. The van der Waals surface area contributed by atoms with Crippen LogP contribution in [0.15, 0.2) is 41.1 Å². The molecule has 1 amide bonds. The number of thiophene rings is 1. The fourth-order valence-electron chi connectivity index (χ4n) is 1.87. The minimum Gasteiger partial charge on any atom is -0.389 e. The van der Waals surface area contributed by atoms with Crippen molar-refractivity contribution < 1.29 is 4.79 Å². The molecule has 2 aromatic rings. The maximum Gasteiger partial charge on any atom is 0.224 e. The zero-order valence-electron chi connectivity index (χ0n) is 11.1. The molecule has 3 N–H and O–H groups in total. The second-order valence-corrected chi connectivity index (χ2v) is 5.80. The van der Waals surface area contributed by atoms with Crippen molar-refractivity contribution in [3.05, 3.63) is 57.8 Å². The van der Waals surface area contributed by atoms with Crippen LogP contribution >= 0.6 is 23.6 Å². The van der Waals surface area contributed by atoms with Gasteiger partial charge in [-0.05, 0) is 34.9 Å². The largest absolute Gasteiger partial charge is 0.389 e. The summed E-state index contributed by atoms with van der Waals surface area (Å²) in [5, 5.41) is 7.04. The monoisotopic (exact) mass is 304 g/mol. The fourth-order valence-corrected chi connectivity index (χ4v) is 2.76. The Balaban J connectivity index is 1.92. The number of hydrogen-bond acceptors (Lipinski definition) is 3. The van der Waals surface area contributed by atoms with Crippen molar-refractivity contribution in [3.8, 4) is 0 Å². The van der Waals surface area contributed by atoms with Crippen LogP contribution in [0.2, 0.25) is 0 Å². The lowest BCUT2D eigenvalue weighted by Crippen LogP contribution is -2.27. The molecule has 104 valence electrons. The Bertz CT molecular complexity index is 591. The maximum atomic E-state index is 12.0. The van der Waals surface area contributed by atoms with Gasteiger partial charge in [-0.15, -0.1) is 0 Å². The third kappa shape index (κ3) is 3.88. The van der Waals surface area contributed by atoms with E-state index in [1.807, 2.05) is 48.0 Å². The summed E-state index contributed by atoms with van der Waals surface area (Å²) >= 11 is 6.52. The summed E-state index contributed by atoms with van der Waals surface area (Å²) in [5.41, 5.74) is 8.43. The first kappa shape index (κ1) is 14.7. The van der Waals surface area contributed by atoms with Crippen molar-refractivity contribution in [2.24, 2.45) is 5.73 Å². The van der Waals surface area contributed by atoms with Gasteiger partial charge in [0, 0.05) is 5.56 Å². The van der Waals surface area contributed by atoms with E-state index in [0.717, 1.165) is 16.7 Å². The number of nitrogens with one attached hydrogen (secondary N) is 1. The molecule has 0 aliphatic rings. The number of amides is 1. The SMILES string of the molecule is CC(NC(=O)Cc1ccc(C(N)=S)cc1)c1ccsc1. The lowest BCUT2D eigenvalue weighted by molar-refractivity contribution is -0.121. The van der Waals surface area contributed by atoms with E-state index in [0.29, 0.717) is 11.4 Å². The van der Waals surface area contributed by atoms with E-state index < -0.39 is 0 Å². The van der Waals surface area contributed by atoms with Crippen LogP contribution in [-0.2, 0) is 11.2 Å². The molecule has 0 bridgehead atoms. The summed E-state index contributed by atoms with van der Waals surface area (Å²) in [6.07, 6.45) is 0.353. The summed E-state index contributed by atoms with van der Waals surface area (Å²) in [4.78, 5) is 12.3. The Labute approximate surface area is 127 Å². The Morgan fingerprint density at radius 3 is 2.60 bits per heavy atom. The standard InChI is InChI=1S/C15H16N2OS2/c1-10(13-6-7-20-9-13)17-14(18)8-11-2-4-12(5-3-11)15(16)19/h2-7,9-10H,8H2,1H3,(H2,16,19)(H,17,18). The van der Waals surface area contributed by atoms with E-state index in [2.05, 4.69) is 5.32 Å². The molecule has 0 aliphatic heterocycles. The number of hydrogen-bond donors (Lipinski definition) is 2. The predicted molar refractivity (Wildman–Crippen MR) is 86.9 cm³/mol. The molecule has 2 rings (SSSR count). The van der Waals surface area contributed by atoms with Gasteiger partial charge in [0.05, 0.1) is 12.5 Å². The molecule has 0 saturated heterocycles. The van der Waals surface area contributed by atoms with Gasteiger partial charge in [0.15, 0.2) is 0 Å². The highest BCUT2D eigenvalue weighted by Gasteiger charge is 2.10. The molecule has 20 heavy (non-hydrogen) atoms. The summed E-state index contributed by atoms with van der Waals surface area (Å²) in [6, 6.07) is 9.49. The van der Waals surface area contributed by atoms with Crippen LogP contribution in [0.25, 0.3) is 0 Å². The summed E-state index contributed by atoms with van der Waals surface area (Å²) in [5.74, 6) is 0.00627. The van der Waals surface area contributed by atoms with E-state index in [-0.39, 0.29) is 11.9 Å². The number of rotatable bonds is 5. The van der Waals surface area contributed by atoms with E-state index in [1.54, 1.807) is 11.3 Å². The highest BCUT2D eigenvalue weighted by atomic mass is 32.1. The Morgan fingerprint density at radius 2 is 2.05 bits per heavy atom. The van der Waals surface area contributed by atoms with Crippen molar-refractivity contribution in [1.29, 1.82) is 0 Å². The number of carbonyl (C=O) groups excluding carboxylic acids is 1. The second kappa shape index (κ2) is 6.63. The highest BCUT2D eigenvalue weighted by Crippen LogP contribution is 2.15. The summed E-state index contributed by atoms with van der Waals surface area (Å²) < 4.78 is 0. The van der Waals surface area contributed by atoms with Gasteiger partial charge in [0.2, 0.25) is 5.91 Å². The molecule has 1 aromatic carbocycles. The molecular formula is C15H16N2OS2. The molecule has 0 saturated carbocycles. The third-order valence-electron chi connectivity index (χ3n) is 3.02. The average molecular weight is 304 g/mol. The number of thiocarbonyl (C=S) groups is 1. The molecule has 3 nitrogen and oxygen atoms in total. The van der Waals surface area contributed by atoms with Crippen molar-refractivity contribution >= 4 is 34.5 Å². The van der Waals surface area contributed by atoms with Gasteiger partial charge >= 0.3 is 0 Å². The van der Waals surface area contributed by atoms with Gasteiger partial charge in [-0.2, -0.15) is 11.3 Å². The maximum absolute atomic E-state index is 12.0. The fraction of sp³-hybridized carbons (Fsp3) is 0.200. The van der Waals surface area contributed by atoms with E-state index >= 15 is 0 Å². The molecule has 1 aromatic heterocycles. The van der Waals surface area contributed by atoms with Crippen molar-refractivity contribution in [1.82, 2.24) is 5.32 Å². The second-order valence-electron chi connectivity index (χ2n) is 4.58. The quantitative estimate of drug-likeness (QED) is 0.835. The molecule has 0 radical (unpaired) electrons. The van der Waals surface area contributed by atoms with Gasteiger partial charge in [0.25, 0.3) is 0 Å². The van der Waals surface area contributed by atoms with Gasteiger partial charge in [-0.1, -0.05) is 36.5 Å². The summed E-state index contributed by atoms with van der Waals surface area (Å²) in [7, 11) is 0. The van der Waals surface area contributed by atoms with E-state index in [4.69, 9.17) is 18.0 Å². The van der Waals surface area contributed by atoms with Gasteiger partial charge in [-0.3, -0.25) is 4.79 Å². The predicted octanol–water partition coefficient (Wildman–Crippen LogP) is 2.80. The molecule has 0 spiro atoms. The average Bonchev–Trinajstić information content (AvgIpc) is 2.93. The first-order chi connectivity index (χ1) is 9.56. The Kier molecular flexibility index (Phi) is 4.87. The van der Waals surface area contributed by atoms with E-state index in [9.17, 15) is 4.79 Å². The minimum absolute atomic E-state index is 0.00627. The van der Waals surface area contributed by atoms with Crippen molar-refractivity contribution in [2.75, 3.05) is 0 Å². The lowest BCUT2D eigenvalue weighted by atomic mass is 10.1. The van der Waals surface area contributed by atoms with Crippen molar-refractivity contribution in [3.63, 3.8) is 0 Å². The van der Waals surface area contributed by atoms with Crippen LogP contribution in [0.4, 0.5) is 0 Å². The minimum atomic E-state index is 0.00627. The first-order valence-electron chi connectivity index (χ1n) is 6.26. The van der Waals surface area contributed by atoms with Gasteiger partial charge in [0.1, 0.15) is 4.99 Å². The van der Waals surface area contributed by atoms with Crippen molar-refractivity contribution in [2.45, 2.75) is 19.4 Å². The van der Waals surface area contributed by atoms with Crippen LogP contribution < -0.4 is 11.1 Å². The zero-order chi connectivity index (χ0) is 14.5. The smallest absolute Gasteiger partial charge is 0.224 e. The van der Waals surface area contributed by atoms with Crippen LogP contribution in [0.1, 0.15) is 29.7 Å². The molecule has 5 heteroatoms. The normalized spacial score (nSPS) is 11.8. The Morgan fingerprint density at radius 1 is 1.35 bits per heavy atom. The van der Waals surface area contributed by atoms with Gasteiger partial charge in [-0.25, -0.2) is 0 Å². The Hall–Kier alpha value is -1.72. The molecule has 1 heterocycles. The zero-order valence-corrected chi connectivity index (χ0v) is 12.8. The number of benzene rings is 1. The van der Waals surface area contributed by atoms with Gasteiger partial charge < -0.3 is 11.1 Å². The molecule has 1 unspecified atom stereocenters. The van der Waals surface area contributed by atoms with Crippen LogP contribution in [0.5, 0.6) is 0 Å². The molecular weight excluding hydrogens is 288 g/mol. The third-order valence-corrected chi connectivity index (χ3v) is 3.96. The highest BCUT2D eigenvalue weighted by molar-refractivity contribution is 7.80. The summed E-state index contributed by atoms with van der Waals surface area (Å²) in [6.45, 7) is 1.98. The lowest BCUT2D eigenvalue weighted by Gasteiger charge is -2.12. The van der Waals surface area contributed by atoms with E-state index in [1.165, 1.54) is 0 Å². The first-order valence-corrected chi connectivity index (χ1v) is 7.61.